The number of esters is 2. The van der Waals surface area contributed by atoms with Crippen LogP contribution in [0.4, 0.5) is 0 Å². The fourth-order valence-corrected chi connectivity index (χ4v) is 4.86. The first kappa shape index (κ1) is 16.7. The Bertz CT molecular complexity index is 567. The minimum atomic E-state index is -1.35. The average Bonchev–Trinajstić information content (AvgIpc) is 2.92. The molecule has 0 N–H and O–H groups in total. The number of carbonyl (C=O) groups is 2. The molecule has 0 radical (unpaired) electrons. The molecule has 1 aromatic carbocycles. The summed E-state index contributed by atoms with van der Waals surface area (Å²) in [5.74, 6) is -1.28. The summed E-state index contributed by atoms with van der Waals surface area (Å²) in [4.78, 5) is 25.0. The zero-order valence-electron chi connectivity index (χ0n) is 12.9. The minimum Gasteiger partial charge on any atom is -0.468 e. The van der Waals surface area contributed by atoms with E-state index in [1.165, 1.54) is 14.2 Å². The van der Waals surface area contributed by atoms with Gasteiger partial charge in [-0.25, -0.2) is 0 Å². The summed E-state index contributed by atoms with van der Waals surface area (Å²) in [6, 6.07) is 9.08. The molecule has 22 heavy (non-hydrogen) atoms. The van der Waals surface area contributed by atoms with Crippen LogP contribution in [0.2, 0.25) is 0 Å². The van der Waals surface area contributed by atoms with Crippen molar-refractivity contribution in [3.8, 4) is 0 Å². The molecule has 2 rings (SSSR count). The second kappa shape index (κ2) is 6.60. The first-order valence-electron chi connectivity index (χ1n) is 7.08. The van der Waals surface area contributed by atoms with Gasteiger partial charge < -0.3 is 9.47 Å². The minimum absolute atomic E-state index is 0.0563. The van der Waals surface area contributed by atoms with Gasteiger partial charge in [0.15, 0.2) is 5.41 Å². The summed E-state index contributed by atoms with van der Waals surface area (Å²) < 4.78 is 22.4. The number of ether oxygens (including phenoxy) is 2. The normalized spacial score (nSPS) is 24.5. The van der Waals surface area contributed by atoms with Crippen molar-refractivity contribution in [3.63, 3.8) is 0 Å². The highest BCUT2D eigenvalue weighted by molar-refractivity contribution is 7.85. The lowest BCUT2D eigenvalue weighted by Gasteiger charge is -2.23. The van der Waals surface area contributed by atoms with Crippen molar-refractivity contribution < 1.29 is 23.3 Å². The Morgan fingerprint density at radius 3 is 2.14 bits per heavy atom. The quantitative estimate of drug-likeness (QED) is 0.625. The highest BCUT2D eigenvalue weighted by Crippen LogP contribution is 2.46. The van der Waals surface area contributed by atoms with Gasteiger partial charge in [0, 0.05) is 10.1 Å². The molecule has 0 spiro atoms. The summed E-state index contributed by atoms with van der Waals surface area (Å²) in [6.07, 6.45) is 0.463. The third kappa shape index (κ3) is 2.79. The number of rotatable bonds is 4. The second-order valence-electron chi connectivity index (χ2n) is 5.60. The van der Waals surface area contributed by atoms with Gasteiger partial charge in [-0.1, -0.05) is 25.1 Å². The fraction of sp³-hybridized carbons (Fsp3) is 0.500. The molecule has 3 atom stereocenters. The number of carbonyl (C=O) groups excluding carboxylic acids is 2. The van der Waals surface area contributed by atoms with E-state index in [1.807, 2.05) is 25.1 Å². The lowest BCUT2D eigenvalue weighted by atomic mass is 9.85. The highest BCUT2D eigenvalue weighted by Gasteiger charge is 2.57. The van der Waals surface area contributed by atoms with Crippen LogP contribution >= 0.6 is 0 Å². The molecule has 1 fully saturated rings. The monoisotopic (exact) mass is 324 g/mol. The van der Waals surface area contributed by atoms with Gasteiger partial charge >= 0.3 is 11.9 Å². The van der Waals surface area contributed by atoms with Crippen molar-refractivity contribution in [3.05, 3.63) is 30.3 Å². The standard InChI is InChI=1S/C16H20O5S/c1-11-9-16(14(17)20-2,15(18)21-3)10-13(11)22(19)12-7-5-4-6-8-12/h4-8,11,13H,9-10H2,1-3H3/t11-,13+,22?/m1/s1. The van der Waals surface area contributed by atoms with Crippen LogP contribution in [-0.4, -0.2) is 35.6 Å². The van der Waals surface area contributed by atoms with Crippen LogP contribution in [0.5, 0.6) is 0 Å². The van der Waals surface area contributed by atoms with Crippen LogP contribution in [-0.2, 0) is 29.9 Å². The van der Waals surface area contributed by atoms with E-state index in [9.17, 15) is 13.8 Å². The Labute approximate surface area is 132 Å². The lowest BCUT2D eigenvalue weighted by Crippen LogP contribution is -2.39. The van der Waals surface area contributed by atoms with Crippen molar-refractivity contribution in [2.75, 3.05) is 14.2 Å². The molecular weight excluding hydrogens is 304 g/mol. The van der Waals surface area contributed by atoms with E-state index in [4.69, 9.17) is 9.47 Å². The predicted molar refractivity (Wildman–Crippen MR) is 81.5 cm³/mol. The van der Waals surface area contributed by atoms with Crippen LogP contribution in [0, 0.1) is 11.3 Å². The number of benzene rings is 1. The SMILES string of the molecule is COC(=O)C1(C(=O)OC)C[C@@H](C)[C@@H](S(=O)c2ccccc2)C1. The maximum absolute atomic E-state index is 12.8. The zero-order valence-corrected chi connectivity index (χ0v) is 13.7. The Kier molecular flexibility index (Phi) is 5.01. The molecule has 1 aliphatic carbocycles. The van der Waals surface area contributed by atoms with Gasteiger partial charge in [0.1, 0.15) is 0 Å². The average molecular weight is 324 g/mol. The zero-order chi connectivity index (χ0) is 16.3. The van der Waals surface area contributed by atoms with Crippen molar-refractivity contribution in [1.29, 1.82) is 0 Å². The molecular formula is C16H20O5S. The molecule has 1 aromatic rings. The van der Waals surface area contributed by atoms with Gasteiger partial charge in [-0.2, -0.15) is 0 Å². The van der Waals surface area contributed by atoms with Crippen LogP contribution in [0.1, 0.15) is 19.8 Å². The second-order valence-corrected chi connectivity index (χ2v) is 7.27. The molecule has 1 unspecified atom stereocenters. The van der Waals surface area contributed by atoms with Crippen LogP contribution in [0.15, 0.2) is 35.2 Å². The molecule has 1 aliphatic rings. The van der Waals surface area contributed by atoms with Gasteiger partial charge in [0.25, 0.3) is 0 Å². The van der Waals surface area contributed by atoms with Gasteiger partial charge in [0.05, 0.1) is 25.0 Å². The molecule has 120 valence electrons. The molecule has 0 aliphatic heterocycles. The van der Waals surface area contributed by atoms with E-state index >= 15 is 0 Å². The van der Waals surface area contributed by atoms with Crippen molar-refractivity contribution >= 4 is 22.7 Å². The number of hydrogen-bond donors (Lipinski definition) is 0. The maximum Gasteiger partial charge on any atom is 0.323 e. The maximum atomic E-state index is 12.8. The molecule has 6 heteroatoms. The Hall–Kier alpha value is -1.69. The van der Waals surface area contributed by atoms with Crippen molar-refractivity contribution in [2.24, 2.45) is 11.3 Å². The first-order chi connectivity index (χ1) is 10.5. The van der Waals surface area contributed by atoms with Crippen LogP contribution in [0.3, 0.4) is 0 Å². The summed E-state index contributed by atoms with van der Waals surface area (Å²) in [6.45, 7) is 1.90. The number of methoxy groups -OCH3 is 2. The molecule has 5 nitrogen and oxygen atoms in total. The number of hydrogen-bond acceptors (Lipinski definition) is 5. The molecule has 0 saturated heterocycles. The van der Waals surface area contributed by atoms with Gasteiger partial charge in [-0.15, -0.1) is 0 Å². The van der Waals surface area contributed by atoms with E-state index < -0.39 is 28.2 Å². The van der Waals surface area contributed by atoms with Crippen LogP contribution in [0.25, 0.3) is 0 Å². The van der Waals surface area contributed by atoms with Gasteiger partial charge in [-0.3, -0.25) is 13.8 Å². The lowest BCUT2D eigenvalue weighted by molar-refractivity contribution is -0.168. The van der Waals surface area contributed by atoms with E-state index in [2.05, 4.69) is 0 Å². The molecule has 0 amide bonds. The van der Waals surface area contributed by atoms with E-state index in [0.717, 1.165) is 0 Å². The highest BCUT2D eigenvalue weighted by atomic mass is 32.2. The fourth-order valence-electron chi connectivity index (χ4n) is 3.13. The Morgan fingerprint density at radius 1 is 1.09 bits per heavy atom. The van der Waals surface area contributed by atoms with E-state index in [-0.39, 0.29) is 24.0 Å². The summed E-state index contributed by atoms with van der Waals surface area (Å²) in [5, 5.41) is -0.291. The predicted octanol–water partition coefficient (Wildman–Crippen LogP) is 1.93. The largest absolute Gasteiger partial charge is 0.468 e. The topological polar surface area (TPSA) is 69.7 Å². The van der Waals surface area contributed by atoms with Gasteiger partial charge in [-0.05, 0) is 30.9 Å². The third-order valence-electron chi connectivity index (χ3n) is 4.26. The molecule has 0 bridgehead atoms. The summed E-state index contributed by atoms with van der Waals surface area (Å²) in [7, 11) is 1.21. The van der Waals surface area contributed by atoms with Gasteiger partial charge in [0.2, 0.25) is 0 Å². The van der Waals surface area contributed by atoms with Crippen molar-refractivity contribution in [2.45, 2.75) is 29.9 Å². The van der Waals surface area contributed by atoms with Crippen molar-refractivity contribution in [1.82, 2.24) is 0 Å². The Balaban J connectivity index is 2.32. The third-order valence-corrected chi connectivity index (χ3v) is 6.18. The first-order valence-corrected chi connectivity index (χ1v) is 8.30. The Morgan fingerprint density at radius 2 is 1.64 bits per heavy atom. The van der Waals surface area contributed by atoms with E-state index in [1.54, 1.807) is 12.1 Å². The smallest absolute Gasteiger partial charge is 0.323 e. The summed E-state index contributed by atoms with van der Waals surface area (Å²) in [5.41, 5.74) is -1.35. The molecule has 0 heterocycles. The summed E-state index contributed by atoms with van der Waals surface area (Å²) >= 11 is 0. The molecule has 0 aromatic heterocycles. The molecule has 1 saturated carbocycles. The van der Waals surface area contributed by atoms with E-state index in [0.29, 0.717) is 4.90 Å². The van der Waals surface area contributed by atoms with Crippen LogP contribution < -0.4 is 0 Å².